The highest BCUT2D eigenvalue weighted by Crippen LogP contribution is 2.38. The second kappa shape index (κ2) is 9.03. The Morgan fingerprint density at radius 3 is 2.61 bits per heavy atom. The van der Waals surface area contributed by atoms with E-state index in [1.54, 1.807) is 5.57 Å². The molecule has 1 fully saturated rings. The molecule has 0 heterocycles. The summed E-state index contributed by atoms with van der Waals surface area (Å²) in [6, 6.07) is 0. The van der Waals surface area contributed by atoms with Gasteiger partial charge in [0.05, 0.1) is 0 Å². The van der Waals surface area contributed by atoms with Crippen LogP contribution in [0.4, 0.5) is 0 Å². The van der Waals surface area contributed by atoms with E-state index >= 15 is 0 Å². The van der Waals surface area contributed by atoms with E-state index in [4.69, 9.17) is 0 Å². The first kappa shape index (κ1) is 20.6. The molecule has 0 N–H and O–H groups in total. The molecule has 31 heavy (non-hydrogen) atoms. The Morgan fingerprint density at radius 2 is 1.74 bits per heavy atom. The SMILES string of the molecule is C=C1C=C(C(C)CCC2=CC3C=C(CCC4CCCC4)C=CC3=C2)C=C2C=CC=CC12. The van der Waals surface area contributed by atoms with Gasteiger partial charge in [-0.15, -0.1) is 0 Å². The van der Waals surface area contributed by atoms with Crippen LogP contribution in [-0.4, -0.2) is 0 Å². The summed E-state index contributed by atoms with van der Waals surface area (Å²) in [6.07, 6.45) is 36.6. The van der Waals surface area contributed by atoms with Gasteiger partial charge in [-0.1, -0.05) is 117 Å². The molecule has 0 aromatic rings. The lowest BCUT2D eigenvalue weighted by molar-refractivity contribution is 0.504. The molecule has 0 saturated heterocycles. The third-order valence-corrected chi connectivity index (χ3v) is 7.91. The van der Waals surface area contributed by atoms with Crippen LogP contribution in [0, 0.1) is 23.7 Å². The van der Waals surface area contributed by atoms with Crippen LogP contribution in [0.25, 0.3) is 0 Å². The molecule has 5 aliphatic carbocycles. The summed E-state index contributed by atoms with van der Waals surface area (Å²) in [4.78, 5) is 0. The lowest BCUT2D eigenvalue weighted by atomic mass is 9.79. The number of fused-ring (bicyclic) bond motifs is 2. The van der Waals surface area contributed by atoms with E-state index in [-0.39, 0.29) is 0 Å². The van der Waals surface area contributed by atoms with E-state index in [2.05, 4.69) is 80.3 Å². The van der Waals surface area contributed by atoms with Gasteiger partial charge in [0.2, 0.25) is 0 Å². The van der Waals surface area contributed by atoms with Crippen molar-refractivity contribution in [3.8, 4) is 0 Å². The molecule has 5 rings (SSSR count). The Labute approximate surface area is 188 Å². The molecule has 0 aromatic carbocycles. The number of hydrogen-bond acceptors (Lipinski definition) is 0. The summed E-state index contributed by atoms with van der Waals surface area (Å²) in [5.74, 6) is 2.44. The Kier molecular flexibility index (Phi) is 5.99. The molecule has 0 bridgehead atoms. The zero-order valence-corrected chi connectivity index (χ0v) is 19.0. The monoisotopic (exact) mass is 408 g/mol. The zero-order valence-electron chi connectivity index (χ0n) is 19.0. The average Bonchev–Trinajstić information content (AvgIpc) is 3.45. The van der Waals surface area contributed by atoms with Crippen LogP contribution in [0.3, 0.4) is 0 Å². The molecule has 3 atom stereocenters. The molecule has 5 aliphatic rings. The third-order valence-electron chi connectivity index (χ3n) is 7.91. The predicted molar refractivity (Wildman–Crippen MR) is 134 cm³/mol. The minimum atomic E-state index is 0.382. The lowest BCUT2D eigenvalue weighted by Gasteiger charge is -2.26. The molecule has 1 saturated carbocycles. The molecule has 0 radical (unpaired) electrons. The summed E-state index contributed by atoms with van der Waals surface area (Å²) in [7, 11) is 0. The molecule has 0 nitrogen and oxygen atoms in total. The van der Waals surface area contributed by atoms with Gasteiger partial charge in [0.1, 0.15) is 0 Å². The van der Waals surface area contributed by atoms with E-state index in [0.29, 0.717) is 17.8 Å². The normalized spacial score (nSPS) is 27.9. The fraction of sp³-hybridized carbons (Fsp3) is 0.419. The summed E-state index contributed by atoms with van der Waals surface area (Å²) < 4.78 is 0. The van der Waals surface area contributed by atoms with Crippen molar-refractivity contribution in [3.63, 3.8) is 0 Å². The summed E-state index contributed by atoms with van der Waals surface area (Å²) in [5, 5.41) is 0. The number of rotatable bonds is 7. The Bertz CT molecular complexity index is 975. The molecule has 0 aromatic heterocycles. The smallest absolute Gasteiger partial charge is 0.0266 e. The van der Waals surface area contributed by atoms with Crippen LogP contribution in [0.1, 0.15) is 58.3 Å². The van der Waals surface area contributed by atoms with Crippen LogP contribution in [0.5, 0.6) is 0 Å². The van der Waals surface area contributed by atoms with E-state index < -0.39 is 0 Å². The van der Waals surface area contributed by atoms with Gasteiger partial charge in [-0.05, 0) is 59.8 Å². The van der Waals surface area contributed by atoms with Gasteiger partial charge >= 0.3 is 0 Å². The average molecular weight is 409 g/mol. The molecule has 3 unspecified atom stereocenters. The molecule has 0 heteroatoms. The molecule has 160 valence electrons. The third kappa shape index (κ3) is 4.64. The van der Waals surface area contributed by atoms with E-state index in [0.717, 1.165) is 12.3 Å². The van der Waals surface area contributed by atoms with Crippen molar-refractivity contribution in [2.24, 2.45) is 23.7 Å². The van der Waals surface area contributed by atoms with Gasteiger partial charge in [-0.2, -0.15) is 0 Å². The van der Waals surface area contributed by atoms with Crippen molar-refractivity contribution in [2.45, 2.75) is 58.3 Å². The molecule has 0 amide bonds. The Morgan fingerprint density at radius 1 is 0.903 bits per heavy atom. The fourth-order valence-corrected chi connectivity index (χ4v) is 5.87. The standard InChI is InChI=1S/C31H36/c1-22(29-17-23(2)31-10-6-5-9-28(31)21-29)11-12-26-19-27-16-15-25(18-30(27)20-26)14-13-24-7-3-4-8-24/h5-6,9-10,15-22,24,30-31H,2-4,7-8,11-14H2,1H3. The maximum Gasteiger partial charge on any atom is 0.0266 e. The highest BCUT2D eigenvalue weighted by Gasteiger charge is 2.23. The number of allylic oxidation sites excluding steroid dienone is 17. The molecule has 0 spiro atoms. The van der Waals surface area contributed by atoms with Crippen molar-refractivity contribution < 1.29 is 0 Å². The van der Waals surface area contributed by atoms with Gasteiger partial charge in [0, 0.05) is 11.8 Å². The van der Waals surface area contributed by atoms with Crippen molar-refractivity contribution in [2.75, 3.05) is 0 Å². The Balaban J connectivity index is 1.17. The van der Waals surface area contributed by atoms with Gasteiger partial charge in [-0.3, -0.25) is 0 Å². The minimum absolute atomic E-state index is 0.382. The maximum absolute atomic E-state index is 4.33. The Hall–Kier alpha value is -2.34. The molecular formula is C31H36. The topological polar surface area (TPSA) is 0 Å². The van der Waals surface area contributed by atoms with Gasteiger partial charge < -0.3 is 0 Å². The van der Waals surface area contributed by atoms with Crippen LogP contribution in [0.2, 0.25) is 0 Å². The zero-order chi connectivity index (χ0) is 21.2. The summed E-state index contributed by atoms with van der Waals surface area (Å²) in [5.41, 5.74) is 8.63. The number of hydrogen-bond donors (Lipinski definition) is 0. The minimum Gasteiger partial charge on any atom is -0.0949 e. The van der Waals surface area contributed by atoms with Crippen LogP contribution >= 0.6 is 0 Å². The van der Waals surface area contributed by atoms with Crippen LogP contribution < -0.4 is 0 Å². The molecular weight excluding hydrogens is 372 g/mol. The quantitative estimate of drug-likeness (QED) is 0.396. The van der Waals surface area contributed by atoms with Crippen LogP contribution in [0.15, 0.2) is 107 Å². The second-order valence-electron chi connectivity index (χ2n) is 10.2. The fourth-order valence-electron chi connectivity index (χ4n) is 5.87. The second-order valence-corrected chi connectivity index (χ2v) is 10.2. The maximum atomic E-state index is 4.33. The van der Waals surface area contributed by atoms with Gasteiger partial charge in [0.25, 0.3) is 0 Å². The highest BCUT2D eigenvalue weighted by atomic mass is 14.3. The largest absolute Gasteiger partial charge is 0.0949 e. The summed E-state index contributed by atoms with van der Waals surface area (Å²) in [6.45, 7) is 6.70. The first-order valence-corrected chi connectivity index (χ1v) is 12.4. The van der Waals surface area contributed by atoms with E-state index in [1.807, 2.05) is 0 Å². The van der Waals surface area contributed by atoms with Crippen molar-refractivity contribution in [1.29, 1.82) is 0 Å². The highest BCUT2D eigenvalue weighted by molar-refractivity contribution is 5.52. The van der Waals surface area contributed by atoms with E-state index in [1.165, 1.54) is 72.8 Å². The van der Waals surface area contributed by atoms with E-state index in [9.17, 15) is 0 Å². The first-order valence-electron chi connectivity index (χ1n) is 12.4. The molecule has 0 aliphatic heterocycles. The predicted octanol–water partition coefficient (Wildman–Crippen LogP) is 8.52. The van der Waals surface area contributed by atoms with Crippen molar-refractivity contribution in [1.82, 2.24) is 0 Å². The van der Waals surface area contributed by atoms with Gasteiger partial charge in [0.15, 0.2) is 0 Å². The van der Waals surface area contributed by atoms with Crippen molar-refractivity contribution in [3.05, 3.63) is 107 Å². The van der Waals surface area contributed by atoms with Gasteiger partial charge in [-0.25, -0.2) is 0 Å². The first-order chi connectivity index (χ1) is 15.2. The van der Waals surface area contributed by atoms with Crippen LogP contribution in [-0.2, 0) is 0 Å². The lowest BCUT2D eigenvalue weighted by Crippen LogP contribution is -2.11. The summed E-state index contributed by atoms with van der Waals surface area (Å²) >= 11 is 0. The van der Waals surface area contributed by atoms with Crippen molar-refractivity contribution >= 4 is 0 Å².